The van der Waals surface area contributed by atoms with E-state index in [9.17, 15) is 4.79 Å². The summed E-state index contributed by atoms with van der Waals surface area (Å²) in [7, 11) is 0. The number of nitrogens with zero attached hydrogens (tertiary/aromatic N) is 5. The van der Waals surface area contributed by atoms with E-state index in [1.54, 1.807) is 18.6 Å². The zero-order chi connectivity index (χ0) is 16.9. The fourth-order valence-electron chi connectivity index (χ4n) is 2.79. The van der Waals surface area contributed by atoms with E-state index < -0.39 is 0 Å². The molecule has 24 heavy (non-hydrogen) atoms. The molecule has 1 amide bonds. The van der Waals surface area contributed by atoms with Crippen molar-refractivity contribution < 1.29 is 9.53 Å². The number of carbonyl (C=O) groups is 1. The normalized spacial score (nSPS) is 18.1. The number of hydrogen-bond acceptors (Lipinski definition) is 7. The number of hydrogen-bond donors (Lipinski definition) is 0. The molecule has 8 heteroatoms. The highest BCUT2D eigenvalue weighted by atomic mass is 32.1. The second kappa shape index (κ2) is 7.76. The van der Waals surface area contributed by atoms with Gasteiger partial charge in [-0.25, -0.2) is 0 Å². The molecule has 1 aliphatic heterocycles. The number of rotatable bonds is 5. The molecule has 1 saturated heterocycles. The predicted octanol–water partition coefficient (Wildman–Crippen LogP) is 1.93. The first kappa shape index (κ1) is 16.9. The molecule has 1 aliphatic rings. The fourth-order valence-corrected chi connectivity index (χ4v) is 3.56. The summed E-state index contributed by atoms with van der Waals surface area (Å²) in [4.78, 5) is 23.9. The highest BCUT2D eigenvalue weighted by molar-refractivity contribution is 7.08. The van der Waals surface area contributed by atoms with Gasteiger partial charge in [-0.15, -0.1) is 5.10 Å². The largest absolute Gasteiger partial charge is 0.377 e. The molecule has 0 aliphatic carbocycles. The Morgan fingerprint density at radius 3 is 3.08 bits per heavy atom. The van der Waals surface area contributed by atoms with Gasteiger partial charge in [0.1, 0.15) is 4.88 Å². The van der Waals surface area contributed by atoms with Crippen LogP contribution in [0, 0.1) is 0 Å². The summed E-state index contributed by atoms with van der Waals surface area (Å²) in [6, 6.07) is 0.0374. The summed E-state index contributed by atoms with van der Waals surface area (Å²) < 4.78 is 9.56. The Kier molecular flexibility index (Phi) is 5.47. The van der Waals surface area contributed by atoms with Crippen molar-refractivity contribution in [2.45, 2.75) is 38.6 Å². The average molecular weight is 347 g/mol. The van der Waals surface area contributed by atoms with Crippen LogP contribution in [-0.4, -0.2) is 56.2 Å². The van der Waals surface area contributed by atoms with Gasteiger partial charge < -0.3 is 9.64 Å². The van der Waals surface area contributed by atoms with Gasteiger partial charge in [0.25, 0.3) is 5.91 Å². The Morgan fingerprint density at radius 2 is 2.33 bits per heavy atom. The van der Waals surface area contributed by atoms with Crippen molar-refractivity contribution in [2.24, 2.45) is 0 Å². The maximum absolute atomic E-state index is 13.0. The Balaban J connectivity index is 1.72. The summed E-state index contributed by atoms with van der Waals surface area (Å²) in [5, 5.41) is 4.12. The van der Waals surface area contributed by atoms with Crippen LogP contribution >= 0.6 is 11.5 Å². The summed E-state index contributed by atoms with van der Waals surface area (Å²) in [5.41, 5.74) is 1.71. The molecule has 3 heterocycles. The third-order valence-corrected chi connectivity index (χ3v) is 4.82. The molecule has 3 rings (SSSR count). The molecule has 1 atom stereocenters. The van der Waals surface area contributed by atoms with Crippen molar-refractivity contribution in [3.05, 3.63) is 34.9 Å². The van der Waals surface area contributed by atoms with E-state index in [0.717, 1.165) is 24.2 Å². The van der Waals surface area contributed by atoms with Gasteiger partial charge in [-0.1, -0.05) is 18.3 Å². The van der Waals surface area contributed by atoms with E-state index in [2.05, 4.69) is 19.6 Å². The molecule has 0 radical (unpaired) electrons. The van der Waals surface area contributed by atoms with Crippen molar-refractivity contribution >= 4 is 17.4 Å². The van der Waals surface area contributed by atoms with Gasteiger partial charge >= 0.3 is 0 Å². The molecular weight excluding hydrogens is 326 g/mol. The average Bonchev–Trinajstić information content (AvgIpc) is 3.10. The van der Waals surface area contributed by atoms with Crippen LogP contribution in [0.25, 0.3) is 0 Å². The number of aromatic nitrogens is 4. The third kappa shape index (κ3) is 3.76. The Hall–Kier alpha value is -1.93. The van der Waals surface area contributed by atoms with Gasteiger partial charge in [0.15, 0.2) is 0 Å². The first-order chi connectivity index (χ1) is 11.7. The van der Waals surface area contributed by atoms with Crippen LogP contribution in [0.1, 0.15) is 47.2 Å². The summed E-state index contributed by atoms with van der Waals surface area (Å²) in [6.07, 6.45) is 6.68. The van der Waals surface area contributed by atoms with E-state index in [0.29, 0.717) is 24.6 Å². The van der Waals surface area contributed by atoms with E-state index in [4.69, 9.17) is 4.74 Å². The lowest BCUT2D eigenvalue weighted by Gasteiger charge is -2.35. The lowest BCUT2D eigenvalue weighted by atomic mass is 10.1. The zero-order valence-electron chi connectivity index (χ0n) is 13.9. The summed E-state index contributed by atoms with van der Waals surface area (Å²) in [5.74, 6) is 0.197. The maximum Gasteiger partial charge on any atom is 0.267 e. The summed E-state index contributed by atoms with van der Waals surface area (Å²) >= 11 is 1.18. The molecule has 7 nitrogen and oxygen atoms in total. The van der Waals surface area contributed by atoms with Crippen molar-refractivity contribution in [1.29, 1.82) is 0 Å². The van der Waals surface area contributed by atoms with Crippen LogP contribution in [0.3, 0.4) is 0 Å². The van der Waals surface area contributed by atoms with Crippen LogP contribution in [0.15, 0.2) is 18.6 Å². The Bertz CT molecular complexity index is 676. The van der Waals surface area contributed by atoms with E-state index in [1.807, 2.05) is 18.7 Å². The SMILES string of the molecule is CC(C)c1nnsc1C(=O)N1CCOC[C@H]1CCc1cnccn1. The van der Waals surface area contributed by atoms with Crippen LogP contribution in [0.5, 0.6) is 0 Å². The first-order valence-corrected chi connectivity index (χ1v) is 8.90. The topological polar surface area (TPSA) is 81.1 Å². The van der Waals surface area contributed by atoms with Gasteiger partial charge in [0.2, 0.25) is 0 Å². The van der Waals surface area contributed by atoms with Crippen molar-refractivity contribution in [3.8, 4) is 0 Å². The third-order valence-electron chi connectivity index (χ3n) is 4.09. The Labute approximate surface area is 145 Å². The van der Waals surface area contributed by atoms with Crippen LogP contribution in [0.2, 0.25) is 0 Å². The molecule has 2 aromatic heterocycles. The molecule has 0 N–H and O–H groups in total. The number of aryl methyl sites for hydroxylation is 1. The minimum absolute atomic E-state index is 0.0149. The second-order valence-corrected chi connectivity index (χ2v) is 6.86. The molecular formula is C16H21N5O2S. The molecule has 0 saturated carbocycles. The number of amides is 1. The van der Waals surface area contributed by atoms with Gasteiger partial charge in [-0.05, 0) is 30.3 Å². The molecule has 1 fully saturated rings. The van der Waals surface area contributed by atoms with E-state index in [1.165, 1.54) is 11.5 Å². The van der Waals surface area contributed by atoms with Crippen molar-refractivity contribution in [1.82, 2.24) is 24.5 Å². The molecule has 0 unspecified atom stereocenters. The predicted molar refractivity (Wildman–Crippen MR) is 90.0 cm³/mol. The molecule has 0 spiro atoms. The molecule has 0 bridgehead atoms. The fraction of sp³-hybridized carbons (Fsp3) is 0.562. The van der Waals surface area contributed by atoms with Gasteiger partial charge in [0, 0.05) is 25.1 Å². The zero-order valence-corrected chi connectivity index (χ0v) is 14.7. The minimum atomic E-state index is 0.0149. The highest BCUT2D eigenvalue weighted by Crippen LogP contribution is 2.24. The van der Waals surface area contributed by atoms with E-state index in [-0.39, 0.29) is 17.9 Å². The van der Waals surface area contributed by atoms with E-state index >= 15 is 0 Å². The van der Waals surface area contributed by atoms with Crippen LogP contribution in [0.4, 0.5) is 0 Å². The molecule has 128 valence electrons. The molecule has 0 aromatic carbocycles. The van der Waals surface area contributed by atoms with Crippen molar-refractivity contribution in [3.63, 3.8) is 0 Å². The quantitative estimate of drug-likeness (QED) is 0.822. The van der Waals surface area contributed by atoms with Gasteiger partial charge in [-0.3, -0.25) is 14.8 Å². The first-order valence-electron chi connectivity index (χ1n) is 8.12. The lowest BCUT2D eigenvalue weighted by Crippen LogP contribution is -2.49. The van der Waals surface area contributed by atoms with Gasteiger partial charge in [0.05, 0.1) is 30.6 Å². The second-order valence-electron chi connectivity index (χ2n) is 6.10. The summed E-state index contributed by atoms with van der Waals surface area (Å²) in [6.45, 7) is 5.77. The van der Waals surface area contributed by atoms with Crippen molar-refractivity contribution in [2.75, 3.05) is 19.8 Å². The monoisotopic (exact) mass is 347 g/mol. The van der Waals surface area contributed by atoms with Crippen LogP contribution < -0.4 is 0 Å². The Morgan fingerprint density at radius 1 is 1.46 bits per heavy atom. The van der Waals surface area contributed by atoms with Gasteiger partial charge in [-0.2, -0.15) is 0 Å². The standard InChI is InChI=1S/C16H21N5O2S/c1-11(2)14-15(24-20-19-14)16(22)21-7-8-23-10-13(21)4-3-12-9-17-5-6-18-12/h5-6,9,11,13H,3-4,7-8,10H2,1-2H3/t13-/m1/s1. The van der Waals surface area contributed by atoms with Crippen LogP contribution in [-0.2, 0) is 11.2 Å². The minimum Gasteiger partial charge on any atom is -0.377 e. The smallest absolute Gasteiger partial charge is 0.267 e. The lowest BCUT2D eigenvalue weighted by molar-refractivity contribution is -0.00395. The maximum atomic E-state index is 13.0. The molecule has 2 aromatic rings. The number of carbonyl (C=O) groups excluding carboxylic acids is 1. The number of morpholine rings is 1. The number of ether oxygens (including phenoxy) is 1. The highest BCUT2D eigenvalue weighted by Gasteiger charge is 2.31.